The van der Waals surface area contributed by atoms with Crippen molar-refractivity contribution in [2.45, 2.75) is 40.2 Å². The molecule has 6 heteroatoms. The molecule has 0 bridgehead atoms. The van der Waals surface area contributed by atoms with Crippen molar-refractivity contribution in [3.63, 3.8) is 0 Å². The number of nitrogens with one attached hydrogen (secondary N) is 2. The highest BCUT2D eigenvalue weighted by Crippen LogP contribution is 2.30. The van der Waals surface area contributed by atoms with Crippen molar-refractivity contribution >= 4 is 22.9 Å². The number of nitrogens with zero attached hydrogens (tertiary/aromatic N) is 1. The Labute approximate surface area is 147 Å². The minimum atomic E-state index is -0.167. The molecule has 0 saturated carbocycles. The second kappa shape index (κ2) is 8.26. The fourth-order valence-corrected chi connectivity index (χ4v) is 3.63. The molecule has 2 aromatic rings. The molecule has 1 heterocycles. The maximum Gasteiger partial charge on any atom is 0.251 e. The van der Waals surface area contributed by atoms with E-state index in [4.69, 9.17) is 5.11 Å². The minimum absolute atomic E-state index is 0.0653. The molecular weight excluding hydrogens is 322 g/mol. The molecule has 0 aliphatic carbocycles. The molecule has 0 radical (unpaired) electrons. The fraction of sp³-hybridized carbons (Fsp3) is 0.444. The zero-order valence-corrected chi connectivity index (χ0v) is 15.5. The number of thiazole rings is 1. The van der Waals surface area contributed by atoms with Gasteiger partial charge in [0, 0.05) is 22.7 Å². The number of hydrogen-bond donors (Lipinski definition) is 3. The highest BCUT2D eigenvalue weighted by Gasteiger charge is 2.16. The van der Waals surface area contributed by atoms with E-state index in [0.717, 1.165) is 28.4 Å². The summed E-state index contributed by atoms with van der Waals surface area (Å²) in [6.07, 6.45) is 0.942. The second-order valence-electron chi connectivity index (χ2n) is 5.73. The molecule has 2 rings (SSSR count). The molecule has 0 saturated heterocycles. The predicted molar refractivity (Wildman–Crippen MR) is 98.9 cm³/mol. The number of benzene rings is 1. The fourth-order valence-electron chi connectivity index (χ4n) is 2.62. The van der Waals surface area contributed by atoms with Crippen molar-refractivity contribution in [3.05, 3.63) is 44.9 Å². The quantitative estimate of drug-likeness (QED) is 0.719. The van der Waals surface area contributed by atoms with Crippen LogP contribution in [0.3, 0.4) is 0 Å². The van der Waals surface area contributed by atoms with Gasteiger partial charge in [0.05, 0.1) is 23.4 Å². The molecule has 0 aliphatic rings. The Morgan fingerprint density at radius 2 is 2.12 bits per heavy atom. The van der Waals surface area contributed by atoms with Crippen LogP contribution in [-0.2, 0) is 6.42 Å². The first-order valence-corrected chi connectivity index (χ1v) is 9.01. The number of rotatable bonds is 7. The van der Waals surface area contributed by atoms with E-state index < -0.39 is 0 Å². The van der Waals surface area contributed by atoms with E-state index in [1.807, 2.05) is 26.0 Å². The van der Waals surface area contributed by atoms with Crippen LogP contribution in [-0.4, -0.2) is 29.1 Å². The highest BCUT2D eigenvalue weighted by atomic mass is 32.1. The molecule has 0 aliphatic heterocycles. The first kappa shape index (κ1) is 18.4. The first-order valence-electron chi connectivity index (χ1n) is 8.19. The third kappa shape index (κ3) is 4.13. The number of aromatic nitrogens is 1. The Morgan fingerprint density at radius 1 is 1.38 bits per heavy atom. The minimum Gasteiger partial charge on any atom is -0.395 e. The van der Waals surface area contributed by atoms with E-state index in [9.17, 15) is 4.79 Å². The largest absolute Gasteiger partial charge is 0.395 e. The lowest BCUT2D eigenvalue weighted by Crippen LogP contribution is -2.27. The summed E-state index contributed by atoms with van der Waals surface area (Å²) in [5.41, 5.74) is 3.52. The highest BCUT2D eigenvalue weighted by molar-refractivity contribution is 7.11. The van der Waals surface area contributed by atoms with Crippen LogP contribution in [0.4, 0.5) is 5.69 Å². The predicted octanol–water partition coefficient (Wildman–Crippen LogP) is 3.22. The molecule has 0 spiro atoms. The van der Waals surface area contributed by atoms with Crippen LogP contribution in [0.5, 0.6) is 0 Å². The summed E-state index contributed by atoms with van der Waals surface area (Å²) in [7, 11) is 0. The van der Waals surface area contributed by atoms with Gasteiger partial charge >= 0.3 is 0 Å². The van der Waals surface area contributed by atoms with Gasteiger partial charge in [-0.05, 0) is 44.9 Å². The van der Waals surface area contributed by atoms with Crippen molar-refractivity contribution in [1.82, 2.24) is 10.3 Å². The molecule has 1 amide bonds. The second-order valence-corrected chi connectivity index (χ2v) is 6.85. The number of carbonyl (C=O) groups excluding carboxylic acids is 1. The van der Waals surface area contributed by atoms with Crippen molar-refractivity contribution < 1.29 is 9.90 Å². The lowest BCUT2D eigenvalue weighted by Gasteiger charge is -2.18. The average Bonchev–Trinajstić information content (AvgIpc) is 2.95. The molecule has 1 unspecified atom stereocenters. The molecule has 1 aromatic carbocycles. The third-order valence-corrected chi connectivity index (χ3v) is 5.40. The van der Waals surface area contributed by atoms with E-state index in [2.05, 4.69) is 29.5 Å². The SMILES string of the molecule is CCc1nc(C)c(C(C)Nc2cccc(C(=O)NCCO)c2C)s1. The van der Waals surface area contributed by atoms with Crippen LogP contribution in [0.1, 0.15) is 51.4 Å². The van der Waals surface area contributed by atoms with E-state index in [1.165, 1.54) is 4.88 Å². The standard InChI is InChI=1S/C18H25N3O2S/c1-5-16-21-13(4)17(24-16)12(3)20-15-8-6-7-14(11(15)2)18(23)19-9-10-22/h6-8,12,20,22H,5,9-10H2,1-4H3,(H,19,23). The molecular formula is C18H25N3O2S. The smallest absolute Gasteiger partial charge is 0.251 e. The van der Waals surface area contributed by atoms with Gasteiger partial charge < -0.3 is 15.7 Å². The summed E-state index contributed by atoms with van der Waals surface area (Å²) in [5.74, 6) is -0.167. The van der Waals surface area contributed by atoms with E-state index in [-0.39, 0.29) is 25.1 Å². The summed E-state index contributed by atoms with van der Waals surface area (Å²) in [5, 5.41) is 16.2. The normalized spacial score (nSPS) is 12.0. The van der Waals surface area contributed by atoms with Gasteiger partial charge in [0.2, 0.25) is 0 Å². The van der Waals surface area contributed by atoms with Gasteiger partial charge in [0.25, 0.3) is 5.91 Å². The number of anilines is 1. The van der Waals surface area contributed by atoms with Crippen LogP contribution in [0.15, 0.2) is 18.2 Å². The summed E-state index contributed by atoms with van der Waals surface area (Å²) in [4.78, 5) is 18.0. The van der Waals surface area contributed by atoms with Gasteiger partial charge in [-0.15, -0.1) is 11.3 Å². The number of hydrogen-bond acceptors (Lipinski definition) is 5. The van der Waals surface area contributed by atoms with Gasteiger partial charge in [-0.25, -0.2) is 4.98 Å². The van der Waals surface area contributed by atoms with Crippen LogP contribution in [0, 0.1) is 13.8 Å². The number of aryl methyl sites for hydroxylation is 2. The summed E-state index contributed by atoms with van der Waals surface area (Å²) in [6.45, 7) is 8.38. The topological polar surface area (TPSA) is 74.2 Å². The van der Waals surface area contributed by atoms with Crippen molar-refractivity contribution in [1.29, 1.82) is 0 Å². The van der Waals surface area contributed by atoms with Crippen molar-refractivity contribution in [2.24, 2.45) is 0 Å². The molecule has 1 atom stereocenters. The lowest BCUT2D eigenvalue weighted by molar-refractivity contribution is 0.0944. The van der Waals surface area contributed by atoms with Crippen LogP contribution < -0.4 is 10.6 Å². The van der Waals surface area contributed by atoms with Gasteiger partial charge in [-0.1, -0.05) is 13.0 Å². The van der Waals surface area contributed by atoms with E-state index in [1.54, 1.807) is 17.4 Å². The monoisotopic (exact) mass is 347 g/mol. The Balaban J connectivity index is 2.20. The van der Waals surface area contributed by atoms with Crippen molar-refractivity contribution in [2.75, 3.05) is 18.5 Å². The summed E-state index contributed by atoms with van der Waals surface area (Å²) < 4.78 is 0. The average molecular weight is 347 g/mol. The van der Waals surface area contributed by atoms with E-state index >= 15 is 0 Å². The molecule has 1 aromatic heterocycles. The Hall–Kier alpha value is -1.92. The van der Waals surface area contributed by atoms with Crippen LogP contribution in [0.2, 0.25) is 0 Å². The Bertz CT molecular complexity index is 712. The van der Waals surface area contributed by atoms with Gasteiger partial charge in [0.1, 0.15) is 0 Å². The third-order valence-electron chi connectivity index (χ3n) is 3.92. The van der Waals surface area contributed by atoms with Crippen molar-refractivity contribution in [3.8, 4) is 0 Å². The first-order chi connectivity index (χ1) is 11.5. The summed E-state index contributed by atoms with van der Waals surface area (Å²) in [6, 6.07) is 5.77. The van der Waals surface area contributed by atoms with Gasteiger partial charge in [0.15, 0.2) is 0 Å². The Kier molecular flexibility index (Phi) is 6.34. The molecule has 130 valence electrons. The number of aliphatic hydroxyl groups excluding tert-OH is 1. The van der Waals surface area contributed by atoms with Gasteiger partial charge in [-0.3, -0.25) is 4.79 Å². The number of amides is 1. The molecule has 5 nitrogen and oxygen atoms in total. The summed E-state index contributed by atoms with van der Waals surface area (Å²) >= 11 is 1.73. The van der Waals surface area contributed by atoms with Crippen LogP contribution >= 0.6 is 11.3 Å². The Morgan fingerprint density at radius 3 is 2.75 bits per heavy atom. The van der Waals surface area contributed by atoms with E-state index in [0.29, 0.717) is 5.56 Å². The zero-order chi connectivity index (χ0) is 17.7. The lowest BCUT2D eigenvalue weighted by atomic mass is 10.1. The molecule has 0 fully saturated rings. The maximum absolute atomic E-state index is 12.2. The number of aliphatic hydroxyl groups is 1. The molecule has 3 N–H and O–H groups in total. The van der Waals surface area contributed by atoms with Crippen LogP contribution in [0.25, 0.3) is 0 Å². The maximum atomic E-state index is 12.2. The molecule has 24 heavy (non-hydrogen) atoms. The number of carbonyl (C=O) groups is 1. The zero-order valence-electron chi connectivity index (χ0n) is 14.6. The van der Waals surface area contributed by atoms with Gasteiger partial charge in [-0.2, -0.15) is 0 Å².